The lowest BCUT2D eigenvalue weighted by atomic mass is 9.87. The van der Waals surface area contributed by atoms with E-state index in [4.69, 9.17) is 0 Å². The Hall–Kier alpha value is -1.15. The molecule has 2 saturated heterocycles. The standard InChI is InChI=1S/C21H33F3N4/c1-15-16(13-17-4-5-19(22)21(24)20(17)23)6-7-25-8-9-26-10-11-27-18-3-2-12-28(15)14-18/h4-5,15-16,18,25-27H,2-3,6-14H2,1H3. The van der Waals surface area contributed by atoms with Crippen LogP contribution in [0.5, 0.6) is 0 Å². The van der Waals surface area contributed by atoms with E-state index in [-0.39, 0.29) is 17.5 Å². The van der Waals surface area contributed by atoms with E-state index < -0.39 is 17.5 Å². The van der Waals surface area contributed by atoms with Gasteiger partial charge in [-0.15, -0.1) is 0 Å². The van der Waals surface area contributed by atoms with E-state index in [1.165, 1.54) is 12.5 Å². The minimum atomic E-state index is -1.36. The molecule has 0 radical (unpaired) electrons. The van der Waals surface area contributed by atoms with Gasteiger partial charge in [-0.25, -0.2) is 13.2 Å². The van der Waals surface area contributed by atoms with E-state index in [2.05, 4.69) is 27.8 Å². The lowest BCUT2D eigenvalue weighted by Gasteiger charge is -2.41. The summed E-state index contributed by atoms with van der Waals surface area (Å²) in [6, 6.07) is 3.15. The molecule has 1 aromatic rings. The second kappa shape index (κ2) is 10.6. The summed E-state index contributed by atoms with van der Waals surface area (Å²) in [5.41, 5.74) is 0.269. The van der Waals surface area contributed by atoms with Gasteiger partial charge in [0.2, 0.25) is 0 Å². The molecule has 2 fully saturated rings. The fourth-order valence-corrected chi connectivity index (χ4v) is 4.44. The molecule has 28 heavy (non-hydrogen) atoms. The van der Waals surface area contributed by atoms with Crippen molar-refractivity contribution >= 4 is 0 Å². The van der Waals surface area contributed by atoms with Gasteiger partial charge in [0.15, 0.2) is 17.5 Å². The third-order valence-corrected chi connectivity index (χ3v) is 6.21. The smallest absolute Gasteiger partial charge is 0.194 e. The molecule has 0 amide bonds. The van der Waals surface area contributed by atoms with E-state index >= 15 is 0 Å². The Morgan fingerprint density at radius 2 is 1.71 bits per heavy atom. The Kier molecular flexibility index (Phi) is 8.14. The molecule has 2 heterocycles. The molecule has 7 heteroatoms. The van der Waals surface area contributed by atoms with Crippen LogP contribution in [0.15, 0.2) is 12.1 Å². The maximum atomic E-state index is 14.3. The molecule has 4 unspecified atom stereocenters. The Morgan fingerprint density at radius 3 is 2.54 bits per heavy atom. The molecule has 3 N–H and O–H groups in total. The molecule has 158 valence electrons. The van der Waals surface area contributed by atoms with Gasteiger partial charge in [-0.2, -0.15) is 0 Å². The van der Waals surface area contributed by atoms with Crippen LogP contribution in [0.1, 0.15) is 31.7 Å². The fraction of sp³-hybridized carbons (Fsp3) is 0.714. The van der Waals surface area contributed by atoms with Crippen molar-refractivity contribution in [2.24, 2.45) is 5.92 Å². The van der Waals surface area contributed by atoms with Gasteiger partial charge in [0.1, 0.15) is 0 Å². The van der Waals surface area contributed by atoms with E-state index in [0.717, 1.165) is 64.7 Å². The zero-order chi connectivity index (χ0) is 19.9. The number of piperidine rings is 1. The van der Waals surface area contributed by atoms with Gasteiger partial charge >= 0.3 is 0 Å². The van der Waals surface area contributed by atoms with Crippen molar-refractivity contribution < 1.29 is 13.2 Å². The Morgan fingerprint density at radius 1 is 0.964 bits per heavy atom. The summed E-state index contributed by atoms with van der Waals surface area (Å²) >= 11 is 0. The number of fused-ring (bicyclic) bond motifs is 2. The molecule has 3 rings (SSSR count). The van der Waals surface area contributed by atoms with E-state index in [9.17, 15) is 13.2 Å². The summed E-state index contributed by atoms with van der Waals surface area (Å²) in [7, 11) is 0. The second-order valence-electron chi connectivity index (χ2n) is 8.12. The Bertz CT molecular complexity index is 628. The molecular weight excluding hydrogens is 365 g/mol. The van der Waals surface area contributed by atoms with Crippen molar-refractivity contribution in [3.8, 4) is 0 Å². The maximum absolute atomic E-state index is 14.3. The molecule has 0 spiro atoms. The molecular formula is C21H33F3N4. The quantitative estimate of drug-likeness (QED) is 0.669. The Balaban J connectivity index is 1.74. The van der Waals surface area contributed by atoms with Gasteiger partial charge in [0, 0.05) is 44.8 Å². The minimum Gasteiger partial charge on any atom is -0.315 e. The van der Waals surface area contributed by atoms with Gasteiger partial charge in [-0.1, -0.05) is 6.07 Å². The van der Waals surface area contributed by atoms with E-state index in [1.807, 2.05) is 0 Å². The number of benzene rings is 1. The first-order valence-electron chi connectivity index (χ1n) is 10.6. The molecule has 2 aliphatic rings. The van der Waals surface area contributed by atoms with Crippen LogP contribution in [-0.2, 0) is 6.42 Å². The van der Waals surface area contributed by atoms with Crippen LogP contribution in [0.2, 0.25) is 0 Å². The number of nitrogens with one attached hydrogen (secondary N) is 3. The largest absolute Gasteiger partial charge is 0.315 e. The fourth-order valence-electron chi connectivity index (χ4n) is 4.44. The van der Waals surface area contributed by atoms with Crippen LogP contribution < -0.4 is 16.0 Å². The van der Waals surface area contributed by atoms with Crippen LogP contribution in [0.4, 0.5) is 13.2 Å². The normalized spacial score (nSPS) is 30.6. The highest BCUT2D eigenvalue weighted by molar-refractivity contribution is 5.21. The molecule has 2 aliphatic heterocycles. The molecule has 2 bridgehead atoms. The third kappa shape index (κ3) is 5.69. The number of nitrogens with zero attached hydrogens (tertiary/aromatic N) is 1. The van der Waals surface area contributed by atoms with Crippen LogP contribution in [-0.4, -0.2) is 62.8 Å². The number of rotatable bonds is 2. The van der Waals surface area contributed by atoms with Crippen LogP contribution in [0, 0.1) is 23.4 Å². The average molecular weight is 399 g/mol. The second-order valence-corrected chi connectivity index (χ2v) is 8.12. The van der Waals surface area contributed by atoms with Crippen LogP contribution in [0.3, 0.4) is 0 Å². The van der Waals surface area contributed by atoms with Gasteiger partial charge in [0.05, 0.1) is 0 Å². The summed E-state index contributed by atoms with van der Waals surface area (Å²) in [6.45, 7) is 8.75. The van der Waals surface area contributed by atoms with Gasteiger partial charge in [-0.05, 0) is 63.2 Å². The first-order chi connectivity index (χ1) is 13.6. The Labute approximate surface area is 166 Å². The summed E-state index contributed by atoms with van der Waals surface area (Å²) < 4.78 is 41.3. The van der Waals surface area contributed by atoms with Crippen molar-refractivity contribution in [2.45, 2.75) is 44.7 Å². The van der Waals surface area contributed by atoms with Gasteiger partial charge in [0.25, 0.3) is 0 Å². The first kappa shape index (κ1) is 21.6. The van der Waals surface area contributed by atoms with Gasteiger partial charge in [-0.3, -0.25) is 4.90 Å². The van der Waals surface area contributed by atoms with Crippen LogP contribution in [0.25, 0.3) is 0 Å². The summed E-state index contributed by atoms with van der Waals surface area (Å²) in [5, 5.41) is 10.5. The summed E-state index contributed by atoms with van der Waals surface area (Å²) in [6.07, 6.45) is 3.60. The first-order valence-corrected chi connectivity index (χ1v) is 10.6. The molecule has 4 nitrogen and oxygen atoms in total. The highest BCUT2D eigenvalue weighted by Crippen LogP contribution is 2.26. The van der Waals surface area contributed by atoms with E-state index in [1.54, 1.807) is 0 Å². The van der Waals surface area contributed by atoms with Crippen molar-refractivity contribution in [1.29, 1.82) is 0 Å². The highest BCUT2D eigenvalue weighted by Gasteiger charge is 2.29. The lowest BCUT2D eigenvalue weighted by Crippen LogP contribution is -2.52. The van der Waals surface area contributed by atoms with Gasteiger partial charge < -0.3 is 16.0 Å². The zero-order valence-corrected chi connectivity index (χ0v) is 16.7. The molecule has 4 atom stereocenters. The number of halogens is 3. The lowest BCUT2D eigenvalue weighted by molar-refractivity contribution is 0.103. The van der Waals surface area contributed by atoms with E-state index in [0.29, 0.717) is 12.5 Å². The topological polar surface area (TPSA) is 39.3 Å². The third-order valence-electron chi connectivity index (χ3n) is 6.21. The molecule has 0 aromatic heterocycles. The molecule has 0 aliphatic carbocycles. The van der Waals surface area contributed by atoms with Crippen LogP contribution >= 0.6 is 0 Å². The zero-order valence-electron chi connectivity index (χ0n) is 16.7. The number of hydrogen-bond acceptors (Lipinski definition) is 4. The van der Waals surface area contributed by atoms with Crippen molar-refractivity contribution in [3.63, 3.8) is 0 Å². The predicted octanol–water partition coefficient (Wildman–Crippen LogP) is 2.29. The molecule has 1 aromatic carbocycles. The maximum Gasteiger partial charge on any atom is 0.194 e. The minimum absolute atomic E-state index is 0.168. The number of hydrogen-bond donors (Lipinski definition) is 3. The predicted molar refractivity (Wildman–Crippen MR) is 106 cm³/mol. The van der Waals surface area contributed by atoms with Crippen molar-refractivity contribution in [2.75, 3.05) is 45.8 Å². The summed E-state index contributed by atoms with van der Waals surface area (Å²) in [4.78, 5) is 2.48. The SMILES string of the molecule is CC1C(Cc2ccc(F)c(F)c2F)CCNCCNCCNC2CCCN1C2. The molecule has 0 saturated carbocycles. The monoisotopic (exact) mass is 398 g/mol. The summed E-state index contributed by atoms with van der Waals surface area (Å²) in [5.74, 6) is -3.36. The van der Waals surface area contributed by atoms with Crippen molar-refractivity contribution in [1.82, 2.24) is 20.9 Å². The van der Waals surface area contributed by atoms with Crippen molar-refractivity contribution in [3.05, 3.63) is 35.1 Å². The highest BCUT2D eigenvalue weighted by atomic mass is 19.2. The average Bonchev–Trinajstić information content (AvgIpc) is 2.70.